The van der Waals surface area contributed by atoms with Crippen molar-refractivity contribution in [3.05, 3.63) is 96.1 Å². The minimum absolute atomic E-state index is 0.186. The molecular formula is C24H24N2. The standard InChI is InChI=1S/C24H24N2/c1-25-23(21-13-11-17-7-3-5-9-19(17)15-21)24(26-2)22-14-12-18-8-4-6-10-20(18)16-22/h3-16,23-26H,1-2H3. The Morgan fingerprint density at radius 3 is 1.27 bits per heavy atom. The lowest BCUT2D eigenvalue weighted by atomic mass is 9.91. The van der Waals surface area contributed by atoms with Crippen LogP contribution in [0, 0.1) is 0 Å². The van der Waals surface area contributed by atoms with Crippen molar-refractivity contribution < 1.29 is 0 Å². The Hall–Kier alpha value is -2.68. The van der Waals surface area contributed by atoms with Crippen LogP contribution in [0.1, 0.15) is 23.2 Å². The summed E-state index contributed by atoms with van der Waals surface area (Å²) in [7, 11) is 4.07. The van der Waals surface area contributed by atoms with Crippen LogP contribution in [-0.2, 0) is 0 Å². The maximum absolute atomic E-state index is 3.52. The second-order valence-electron chi connectivity index (χ2n) is 6.75. The molecule has 2 heteroatoms. The first-order valence-corrected chi connectivity index (χ1v) is 9.12. The predicted octanol–water partition coefficient (Wildman–Crippen LogP) is 5.21. The highest BCUT2D eigenvalue weighted by molar-refractivity contribution is 5.84. The van der Waals surface area contributed by atoms with E-state index in [4.69, 9.17) is 0 Å². The monoisotopic (exact) mass is 340 g/mol. The number of likely N-dealkylation sites (N-methyl/N-ethyl adjacent to an activating group) is 2. The Kier molecular flexibility index (Phi) is 4.70. The van der Waals surface area contributed by atoms with Crippen molar-refractivity contribution in [2.45, 2.75) is 12.1 Å². The topological polar surface area (TPSA) is 24.1 Å². The van der Waals surface area contributed by atoms with E-state index >= 15 is 0 Å². The van der Waals surface area contributed by atoms with Crippen LogP contribution in [0.2, 0.25) is 0 Å². The number of benzene rings is 4. The van der Waals surface area contributed by atoms with Gasteiger partial charge in [-0.05, 0) is 58.9 Å². The van der Waals surface area contributed by atoms with Crippen molar-refractivity contribution in [2.75, 3.05) is 14.1 Å². The van der Waals surface area contributed by atoms with E-state index in [-0.39, 0.29) is 12.1 Å². The first-order valence-electron chi connectivity index (χ1n) is 9.12. The van der Waals surface area contributed by atoms with Crippen LogP contribution in [0.5, 0.6) is 0 Å². The van der Waals surface area contributed by atoms with E-state index < -0.39 is 0 Å². The average molecular weight is 340 g/mol. The Morgan fingerprint density at radius 2 is 0.885 bits per heavy atom. The molecule has 2 N–H and O–H groups in total. The van der Waals surface area contributed by atoms with Crippen LogP contribution in [0.25, 0.3) is 21.5 Å². The maximum atomic E-state index is 3.52. The van der Waals surface area contributed by atoms with Gasteiger partial charge < -0.3 is 10.6 Å². The lowest BCUT2D eigenvalue weighted by molar-refractivity contribution is 0.433. The summed E-state index contributed by atoms with van der Waals surface area (Å²) in [5.41, 5.74) is 2.58. The Labute approximate surface area is 154 Å². The van der Waals surface area contributed by atoms with Gasteiger partial charge in [0, 0.05) is 0 Å². The van der Waals surface area contributed by atoms with E-state index in [0.29, 0.717) is 0 Å². The van der Waals surface area contributed by atoms with Gasteiger partial charge in [0.2, 0.25) is 0 Å². The Balaban J connectivity index is 1.76. The van der Waals surface area contributed by atoms with Crippen LogP contribution in [0.15, 0.2) is 84.9 Å². The number of nitrogens with one attached hydrogen (secondary N) is 2. The lowest BCUT2D eigenvalue weighted by Gasteiger charge is -2.28. The number of rotatable bonds is 5. The molecule has 0 spiro atoms. The number of hydrogen-bond donors (Lipinski definition) is 2. The van der Waals surface area contributed by atoms with Gasteiger partial charge in [0.15, 0.2) is 0 Å². The van der Waals surface area contributed by atoms with Crippen molar-refractivity contribution >= 4 is 21.5 Å². The molecule has 2 unspecified atom stereocenters. The van der Waals surface area contributed by atoms with Gasteiger partial charge in [0.25, 0.3) is 0 Å². The number of hydrogen-bond acceptors (Lipinski definition) is 2. The molecule has 26 heavy (non-hydrogen) atoms. The minimum atomic E-state index is 0.186. The van der Waals surface area contributed by atoms with Crippen LogP contribution in [0.4, 0.5) is 0 Å². The molecule has 0 radical (unpaired) electrons. The van der Waals surface area contributed by atoms with Gasteiger partial charge >= 0.3 is 0 Å². The van der Waals surface area contributed by atoms with Crippen molar-refractivity contribution in [2.24, 2.45) is 0 Å². The van der Waals surface area contributed by atoms with Crippen molar-refractivity contribution in [3.63, 3.8) is 0 Å². The van der Waals surface area contributed by atoms with Gasteiger partial charge in [-0.3, -0.25) is 0 Å². The summed E-state index contributed by atoms with van der Waals surface area (Å²) in [5.74, 6) is 0. The first-order chi connectivity index (χ1) is 12.8. The minimum Gasteiger partial charge on any atom is -0.311 e. The van der Waals surface area contributed by atoms with E-state index in [1.54, 1.807) is 0 Å². The van der Waals surface area contributed by atoms with E-state index in [2.05, 4.69) is 95.6 Å². The third-order valence-electron chi connectivity index (χ3n) is 5.22. The van der Waals surface area contributed by atoms with Crippen LogP contribution in [0.3, 0.4) is 0 Å². The largest absolute Gasteiger partial charge is 0.311 e. The fraction of sp³-hybridized carbons (Fsp3) is 0.167. The third-order valence-corrected chi connectivity index (χ3v) is 5.22. The summed E-state index contributed by atoms with van der Waals surface area (Å²) in [5, 5.41) is 12.1. The fourth-order valence-electron chi connectivity index (χ4n) is 3.85. The smallest absolute Gasteiger partial charge is 0.0516 e. The summed E-state index contributed by atoms with van der Waals surface area (Å²) < 4.78 is 0. The molecule has 0 aliphatic heterocycles. The van der Waals surface area contributed by atoms with E-state index in [1.165, 1.54) is 32.7 Å². The molecular weight excluding hydrogens is 316 g/mol. The van der Waals surface area contributed by atoms with E-state index in [9.17, 15) is 0 Å². The molecule has 0 heterocycles. The molecule has 0 bridgehead atoms. The molecule has 0 saturated carbocycles. The van der Waals surface area contributed by atoms with Gasteiger partial charge in [0.05, 0.1) is 12.1 Å². The molecule has 4 aromatic carbocycles. The van der Waals surface area contributed by atoms with E-state index in [1.807, 2.05) is 14.1 Å². The van der Waals surface area contributed by atoms with Crippen LogP contribution < -0.4 is 10.6 Å². The summed E-state index contributed by atoms with van der Waals surface area (Å²) in [4.78, 5) is 0. The fourth-order valence-corrected chi connectivity index (χ4v) is 3.85. The Morgan fingerprint density at radius 1 is 0.500 bits per heavy atom. The Bertz CT molecular complexity index is 953. The van der Waals surface area contributed by atoms with Crippen molar-refractivity contribution in [1.29, 1.82) is 0 Å². The van der Waals surface area contributed by atoms with Gasteiger partial charge in [0.1, 0.15) is 0 Å². The molecule has 130 valence electrons. The molecule has 0 amide bonds. The zero-order valence-electron chi connectivity index (χ0n) is 15.2. The van der Waals surface area contributed by atoms with Crippen molar-refractivity contribution in [1.82, 2.24) is 10.6 Å². The summed E-state index contributed by atoms with van der Waals surface area (Å²) >= 11 is 0. The second kappa shape index (κ2) is 7.28. The van der Waals surface area contributed by atoms with Gasteiger partial charge in [-0.1, -0.05) is 72.8 Å². The average Bonchev–Trinajstić information content (AvgIpc) is 2.71. The van der Waals surface area contributed by atoms with Crippen LogP contribution >= 0.6 is 0 Å². The third kappa shape index (κ3) is 3.10. The SMILES string of the molecule is CNC(c1ccc2ccccc2c1)C(NC)c1ccc2ccccc2c1. The maximum Gasteiger partial charge on any atom is 0.0516 e. The molecule has 0 saturated heterocycles. The lowest BCUT2D eigenvalue weighted by Crippen LogP contribution is -2.31. The highest BCUT2D eigenvalue weighted by Gasteiger charge is 2.22. The summed E-state index contributed by atoms with van der Waals surface area (Å²) in [6, 6.07) is 30.9. The van der Waals surface area contributed by atoms with Gasteiger partial charge in [-0.2, -0.15) is 0 Å². The van der Waals surface area contributed by atoms with Gasteiger partial charge in [-0.15, -0.1) is 0 Å². The highest BCUT2D eigenvalue weighted by Crippen LogP contribution is 2.31. The molecule has 2 nitrogen and oxygen atoms in total. The molecule has 4 rings (SSSR count). The predicted molar refractivity (Wildman–Crippen MR) is 111 cm³/mol. The second-order valence-corrected chi connectivity index (χ2v) is 6.75. The highest BCUT2D eigenvalue weighted by atomic mass is 15.0. The molecule has 0 aliphatic rings. The summed E-state index contributed by atoms with van der Waals surface area (Å²) in [6.07, 6.45) is 0. The van der Waals surface area contributed by atoms with E-state index in [0.717, 1.165) is 0 Å². The van der Waals surface area contributed by atoms with Gasteiger partial charge in [-0.25, -0.2) is 0 Å². The quantitative estimate of drug-likeness (QED) is 0.521. The normalized spacial score (nSPS) is 13.8. The molecule has 0 aromatic heterocycles. The molecule has 0 fully saturated rings. The molecule has 4 aromatic rings. The number of fused-ring (bicyclic) bond motifs is 2. The first kappa shape index (κ1) is 16.8. The van der Waals surface area contributed by atoms with Crippen molar-refractivity contribution in [3.8, 4) is 0 Å². The summed E-state index contributed by atoms with van der Waals surface area (Å²) in [6.45, 7) is 0. The molecule has 2 atom stereocenters. The zero-order valence-corrected chi connectivity index (χ0v) is 15.2. The molecule has 0 aliphatic carbocycles. The zero-order chi connectivity index (χ0) is 17.9. The van der Waals surface area contributed by atoms with Crippen LogP contribution in [-0.4, -0.2) is 14.1 Å².